The van der Waals surface area contributed by atoms with Crippen LogP contribution in [-0.4, -0.2) is 52.9 Å². The minimum absolute atomic E-state index is 0.530. The topological polar surface area (TPSA) is 65.1 Å². The summed E-state index contributed by atoms with van der Waals surface area (Å²) < 4.78 is 3.90. The van der Waals surface area contributed by atoms with E-state index in [2.05, 4.69) is 85.7 Å². The predicted molar refractivity (Wildman–Crippen MR) is 146 cm³/mol. The molecule has 1 aliphatic heterocycles. The maximum atomic E-state index is 5.14. The van der Waals surface area contributed by atoms with Gasteiger partial charge in [0, 0.05) is 7.05 Å². The van der Waals surface area contributed by atoms with Crippen molar-refractivity contribution in [1.82, 2.24) is 9.97 Å². The van der Waals surface area contributed by atoms with Gasteiger partial charge in [-0.2, -0.15) is 4.98 Å². The van der Waals surface area contributed by atoms with E-state index in [1.54, 1.807) is 14.2 Å². The Labute approximate surface area is 211 Å². The van der Waals surface area contributed by atoms with E-state index in [1.807, 2.05) is 16.2 Å². The minimum atomic E-state index is 0.530. The molecule has 1 aromatic heterocycles. The van der Waals surface area contributed by atoms with Gasteiger partial charge in [-0.15, -0.1) is 9.15 Å². The number of nitrogens with one attached hydrogen (secondary N) is 2. The number of anilines is 2. The number of hydrogen-bond acceptors (Lipinski definition) is 5. The molecule has 7 nitrogen and oxygen atoms in total. The van der Waals surface area contributed by atoms with Crippen LogP contribution >= 0.6 is 0 Å². The Morgan fingerprint density at radius 3 is 2.00 bits per heavy atom. The summed E-state index contributed by atoms with van der Waals surface area (Å²) in [6.07, 6.45) is 16.0. The van der Waals surface area contributed by atoms with Crippen molar-refractivity contribution in [2.75, 3.05) is 38.5 Å². The second-order valence-electron chi connectivity index (χ2n) is 9.44. The fourth-order valence-corrected chi connectivity index (χ4v) is 3.85. The summed E-state index contributed by atoms with van der Waals surface area (Å²) in [5.41, 5.74) is 9.45. The molecule has 0 spiro atoms. The highest BCUT2D eigenvalue weighted by Gasteiger charge is 2.38. The molecule has 0 radical (unpaired) electrons. The standard InChI is InChI=1S/C28H44N6O/c1-21(2)12-9-13-22(3)14-10-15-23(4)16-11-17-24(5)18-19-34-20-33(7)27-25(34)26(32-35-8)30-28(29-6)31-27/h12,14,16,18H,9-11,13,15,17,19H2,1-8H3,(H2,29,30,31,32)/q+2/b22-14+,23-16+,24-18+. The number of aromatic nitrogens is 2. The number of nitrogens with zero attached hydrogens (tertiary/aromatic N) is 4. The largest absolute Gasteiger partial charge is 0.461 e. The molecule has 0 atom stereocenters. The molecular formula is C28H44N6O+2. The summed E-state index contributed by atoms with van der Waals surface area (Å²) in [6, 6.07) is 3.33. The molecule has 0 bridgehead atoms. The van der Waals surface area contributed by atoms with Gasteiger partial charge in [-0.05, 0) is 79.2 Å². The second-order valence-corrected chi connectivity index (χ2v) is 9.44. The van der Waals surface area contributed by atoms with E-state index in [4.69, 9.17) is 4.84 Å². The summed E-state index contributed by atoms with van der Waals surface area (Å²) in [6.45, 7) is 11.7. The molecule has 1 aromatic rings. The number of hydrogen-bond donors (Lipinski definition) is 2. The lowest BCUT2D eigenvalue weighted by Gasteiger charge is -2.04. The van der Waals surface area contributed by atoms with Crippen molar-refractivity contribution in [2.24, 2.45) is 0 Å². The maximum absolute atomic E-state index is 5.14. The van der Waals surface area contributed by atoms with Crippen molar-refractivity contribution in [3.63, 3.8) is 0 Å². The first-order valence-electron chi connectivity index (χ1n) is 12.5. The third kappa shape index (κ3) is 9.27. The molecule has 2 rings (SSSR count). The van der Waals surface area contributed by atoms with Gasteiger partial charge >= 0.3 is 23.5 Å². The molecule has 0 fully saturated rings. The summed E-state index contributed by atoms with van der Waals surface area (Å²) in [7, 11) is 5.31. The van der Waals surface area contributed by atoms with Crippen LogP contribution in [0.3, 0.4) is 0 Å². The molecular weight excluding hydrogens is 436 g/mol. The SMILES string of the molecule is CNc1nc(NOC)c2c(n1)[N+](C)=C=[N+]2C/C=C(\C)CC/C=C(\C)CC/C=C(\C)CCC=C(C)C. The van der Waals surface area contributed by atoms with Crippen LogP contribution in [0.1, 0.15) is 73.1 Å². The first kappa shape index (κ1) is 28.2. The summed E-state index contributed by atoms with van der Waals surface area (Å²) in [5, 5.41) is 2.99. The minimum Gasteiger partial charge on any atom is -0.328 e. The van der Waals surface area contributed by atoms with Crippen LogP contribution in [0.4, 0.5) is 23.3 Å². The fourth-order valence-electron chi connectivity index (χ4n) is 3.85. The van der Waals surface area contributed by atoms with Crippen molar-refractivity contribution in [2.45, 2.75) is 73.1 Å². The zero-order valence-corrected chi connectivity index (χ0v) is 23.0. The van der Waals surface area contributed by atoms with E-state index in [0.29, 0.717) is 18.3 Å². The van der Waals surface area contributed by atoms with Gasteiger partial charge in [-0.25, -0.2) is 5.48 Å². The predicted octanol–water partition coefficient (Wildman–Crippen LogP) is 6.74. The van der Waals surface area contributed by atoms with Crippen LogP contribution in [0.25, 0.3) is 0 Å². The van der Waals surface area contributed by atoms with Gasteiger partial charge in [0.05, 0.1) is 12.1 Å². The van der Waals surface area contributed by atoms with Crippen molar-refractivity contribution in [1.29, 1.82) is 0 Å². The van der Waals surface area contributed by atoms with E-state index in [-0.39, 0.29) is 0 Å². The van der Waals surface area contributed by atoms with E-state index >= 15 is 0 Å². The van der Waals surface area contributed by atoms with Gasteiger partial charge in [-0.3, -0.25) is 4.84 Å². The average molecular weight is 481 g/mol. The van der Waals surface area contributed by atoms with Crippen LogP contribution in [0, 0.1) is 0 Å². The van der Waals surface area contributed by atoms with Gasteiger partial charge in [0.2, 0.25) is 5.82 Å². The van der Waals surface area contributed by atoms with Crippen LogP contribution in [-0.2, 0) is 4.84 Å². The van der Waals surface area contributed by atoms with E-state index in [9.17, 15) is 0 Å². The monoisotopic (exact) mass is 480 g/mol. The molecule has 190 valence electrons. The Morgan fingerprint density at radius 2 is 1.46 bits per heavy atom. The van der Waals surface area contributed by atoms with Crippen LogP contribution in [0.2, 0.25) is 0 Å². The molecule has 0 unspecified atom stereocenters. The molecule has 0 saturated heterocycles. The van der Waals surface area contributed by atoms with Gasteiger partial charge in [-0.1, -0.05) is 40.5 Å². The normalized spacial score (nSPS) is 13.9. The number of fused-ring (bicyclic) bond motifs is 1. The number of rotatable bonds is 14. The average Bonchev–Trinajstić information content (AvgIpc) is 3.13. The Hall–Kier alpha value is -3.02. The molecule has 0 amide bonds. The lowest BCUT2D eigenvalue weighted by atomic mass is 10.0. The molecule has 0 saturated carbocycles. The molecule has 7 heteroatoms. The lowest BCUT2D eigenvalue weighted by Crippen LogP contribution is -2.10. The van der Waals surface area contributed by atoms with E-state index in [1.165, 1.54) is 22.3 Å². The molecule has 1 aliphatic rings. The van der Waals surface area contributed by atoms with Gasteiger partial charge < -0.3 is 5.32 Å². The second kappa shape index (κ2) is 14.4. The first-order chi connectivity index (χ1) is 16.7. The zero-order chi connectivity index (χ0) is 25.8. The quantitative estimate of drug-likeness (QED) is 0.175. The highest BCUT2D eigenvalue weighted by atomic mass is 16.6. The van der Waals surface area contributed by atoms with Gasteiger partial charge in [0.25, 0.3) is 0 Å². The Kier molecular flexibility index (Phi) is 11.6. The van der Waals surface area contributed by atoms with Gasteiger partial charge in [0.1, 0.15) is 13.6 Å². The van der Waals surface area contributed by atoms with E-state index in [0.717, 1.165) is 50.0 Å². The Morgan fingerprint density at radius 1 is 0.886 bits per heavy atom. The van der Waals surface area contributed by atoms with Crippen molar-refractivity contribution >= 4 is 29.3 Å². The van der Waals surface area contributed by atoms with Crippen molar-refractivity contribution < 1.29 is 14.0 Å². The van der Waals surface area contributed by atoms with Crippen molar-refractivity contribution in [3.8, 4) is 0 Å². The van der Waals surface area contributed by atoms with Crippen LogP contribution < -0.4 is 10.8 Å². The molecule has 2 N–H and O–H groups in total. The third-order valence-corrected chi connectivity index (χ3v) is 5.92. The summed E-state index contributed by atoms with van der Waals surface area (Å²) in [4.78, 5) is 14.2. The van der Waals surface area contributed by atoms with E-state index < -0.39 is 0 Å². The molecule has 0 aromatic carbocycles. The molecule has 2 heterocycles. The first-order valence-corrected chi connectivity index (χ1v) is 12.5. The number of allylic oxidation sites excluding steroid dienone is 7. The van der Waals surface area contributed by atoms with Gasteiger partial charge in [0.15, 0.2) is 0 Å². The van der Waals surface area contributed by atoms with Crippen LogP contribution in [0.15, 0.2) is 46.6 Å². The lowest BCUT2D eigenvalue weighted by molar-refractivity contribution is -0.446. The Balaban J connectivity index is 1.88. The van der Waals surface area contributed by atoms with Crippen molar-refractivity contribution in [3.05, 3.63) is 46.6 Å². The molecule has 35 heavy (non-hydrogen) atoms. The summed E-state index contributed by atoms with van der Waals surface area (Å²) in [5.74, 6) is 1.93. The third-order valence-electron chi connectivity index (χ3n) is 5.92. The fraction of sp³-hybridized carbons (Fsp3) is 0.536. The highest BCUT2D eigenvalue weighted by molar-refractivity contribution is 5.70. The highest BCUT2D eigenvalue weighted by Crippen LogP contribution is 2.35. The smallest absolute Gasteiger partial charge is 0.328 e. The maximum Gasteiger partial charge on any atom is 0.461 e. The Bertz CT molecular complexity index is 1070. The van der Waals surface area contributed by atoms with Crippen LogP contribution in [0.5, 0.6) is 0 Å². The summed E-state index contributed by atoms with van der Waals surface area (Å²) >= 11 is 0. The molecule has 0 aliphatic carbocycles. The zero-order valence-electron chi connectivity index (χ0n) is 23.0.